The third-order valence-corrected chi connectivity index (χ3v) is 5.03. The van der Waals surface area contributed by atoms with Crippen LogP contribution in [0.3, 0.4) is 0 Å². The standard InChI is InChI=1S/C13H11BrN6OS2/c1-8-6-22-12(15-8)16-11(21)7-23-13-17-18-19-20(13)10-4-2-9(14)3-5-10/h2-6H,7H2,1H3,(H,15,16,21). The Balaban J connectivity index is 1.64. The summed E-state index contributed by atoms with van der Waals surface area (Å²) in [5.41, 5.74) is 1.72. The number of hydrogen-bond acceptors (Lipinski definition) is 7. The van der Waals surface area contributed by atoms with E-state index in [1.165, 1.54) is 23.1 Å². The van der Waals surface area contributed by atoms with Crippen molar-refractivity contribution in [1.29, 1.82) is 0 Å². The summed E-state index contributed by atoms with van der Waals surface area (Å²) in [7, 11) is 0. The number of nitrogens with one attached hydrogen (secondary N) is 1. The van der Waals surface area contributed by atoms with E-state index in [4.69, 9.17) is 0 Å². The number of rotatable bonds is 5. The zero-order chi connectivity index (χ0) is 16.2. The van der Waals surface area contributed by atoms with Gasteiger partial charge in [0.1, 0.15) is 0 Å². The number of thioether (sulfide) groups is 1. The molecule has 0 aliphatic rings. The van der Waals surface area contributed by atoms with Gasteiger partial charge in [0.15, 0.2) is 5.13 Å². The number of anilines is 1. The summed E-state index contributed by atoms with van der Waals surface area (Å²) in [6.07, 6.45) is 0. The summed E-state index contributed by atoms with van der Waals surface area (Å²) < 4.78 is 2.57. The van der Waals surface area contributed by atoms with Gasteiger partial charge in [0.25, 0.3) is 0 Å². The number of carbonyl (C=O) groups excluding carboxylic acids is 1. The van der Waals surface area contributed by atoms with Crippen LogP contribution in [0, 0.1) is 6.92 Å². The highest BCUT2D eigenvalue weighted by molar-refractivity contribution is 9.10. The SMILES string of the molecule is Cc1csc(NC(=O)CSc2nnnn2-c2ccc(Br)cc2)n1. The third kappa shape index (κ3) is 4.15. The highest BCUT2D eigenvalue weighted by Crippen LogP contribution is 2.20. The quantitative estimate of drug-likeness (QED) is 0.650. The molecule has 10 heteroatoms. The van der Waals surface area contributed by atoms with E-state index in [0.717, 1.165) is 15.9 Å². The Kier molecular flexibility index (Phi) is 5.03. The van der Waals surface area contributed by atoms with Crippen LogP contribution < -0.4 is 5.32 Å². The van der Waals surface area contributed by atoms with Crippen LogP contribution >= 0.6 is 39.0 Å². The van der Waals surface area contributed by atoms with E-state index in [9.17, 15) is 4.79 Å². The van der Waals surface area contributed by atoms with Crippen molar-refractivity contribution in [2.45, 2.75) is 12.1 Å². The fraction of sp³-hybridized carbons (Fsp3) is 0.154. The number of hydrogen-bond donors (Lipinski definition) is 1. The molecule has 0 atom stereocenters. The minimum atomic E-state index is -0.144. The molecule has 7 nitrogen and oxygen atoms in total. The number of halogens is 1. The lowest BCUT2D eigenvalue weighted by molar-refractivity contribution is -0.113. The Morgan fingerprint density at radius 1 is 1.39 bits per heavy atom. The largest absolute Gasteiger partial charge is 0.301 e. The van der Waals surface area contributed by atoms with E-state index in [1.807, 2.05) is 36.6 Å². The van der Waals surface area contributed by atoms with Gasteiger partial charge in [-0.1, -0.05) is 27.7 Å². The van der Waals surface area contributed by atoms with Gasteiger partial charge in [-0.05, 0) is 41.6 Å². The second-order valence-corrected chi connectivity index (χ2v) is 7.20. The number of aryl methyl sites for hydroxylation is 1. The maximum Gasteiger partial charge on any atom is 0.236 e. The van der Waals surface area contributed by atoms with Crippen molar-refractivity contribution < 1.29 is 4.79 Å². The fourth-order valence-corrected chi connectivity index (χ4v) is 3.37. The first-order chi connectivity index (χ1) is 11.1. The smallest absolute Gasteiger partial charge is 0.236 e. The first-order valence-electron chi connectivity index (χ1n) is 6.51. The van der Waals surface area contributed by atoms with E-state index < -0.39 is 0 Å². The second kappa shape index (κ2) is 7.20. The maximum absolute atomic E-state index is 12.0. The lowest BCUT2D eigenvalue weighted by Crippen LogP contribution is -2.14. The number of thiazole rings is 1. The molecule has 0 fully saturated rings. The Bertz CT molecular complexity index is 816. The molecule has 0 radical (unpaired) electrons. The molecule has 23 heavy (non-hydrogen) atoms. The van der Waals surface area contributed by atoms with Gasteiger partial charge in [-0.25, -0.2) is 4.98 Å². The summed E-state index contributed by atoms with van der Waals surface area (Å²) in [6, 6.07) is 7.60. The first kappa shape index (κ1) is 16.1. The van der Waals surface area contributed by atoms with Crippen molar-refractivity contribution in [2.24, 2.45) is 0 Å². The van der Waals surface area contributed by atoms with Crippen molar-refractivity contribution in [2.75, 3.05) is 11.1 Å². The van der Waals surface area contributed by atoms with Gasteiger partial charge in [0, 0.05) is 9.85 Å². The molecule has 0 spiro atoms. The number of aromatic nitrogens is 5. The van der Waals surface area contributed by atoms with Crippen LogP contribution in [-0.4, -0.2) is 36.9 Å². The zero-order valence-corrected chi connectivity index (χ0v) is 15.2. The molecule has 1 N–H and O–H groups in total. The summed E-state index contributed by atoms with van der Waals surface area (Å²) in [5.74, 6) is 0.0601. The molecular weight excluding hydrogens is 400 g/mol. The van der Waals surface area contributed by atoms with Gasteiger partial charge in [0.2, 0.25) is 11.1 Å². The van der Waals surface area contributed by atoms with Gasteiger partial charge in [-0.15, -0.1) is 16.4 Å². The van der Waals surface area contributed by atoms with Crippen LogP contribution in [0.1, 0.15) is 5.69 Å². The molecule has 1 aromatic carbocycles. The van der Waals surface area contributed by atoms with Crippen LogP contribution in [0.5, 0.6) is 0 Å². The van der Waals surface area contributed by atoms with E-state index in [0.29, 0.717) is 10.3 Å². The summed E-state index contributed by atoms with van der Waals surface area (Å²) in [6.45, 7) is 1.88. The zero-order valence-electron chi connectivity index (χ0n) is 11.9. The molecular formula is C13H11BrN6OS2. The van der Waals surface area contributed by atoms with Gasteiger partial charge >= 0.3 is 0 Å². The minimum Gasteiger partial charge on any atom is -0.301 e. The van der Waals surface area contributed by atoms with E-state index >= 15 is 0 Å². The first-order valence-corrected chi connectivity index (χ1v) is 9.17. The monoisotopic (exact) mass is 410 g/mol. The summed E-state index contributed by atoms with van der Waals surface area (Å²) in [4.78, 5) is 16.2. The summed E-state index contributed by atoms with van der Waals surface area (Å²) >= 11 is 6.05. The molecule has 0 bridgehead atoms. The Morgan fingerprint density at radius 2 is 2.17 bits per heavy atom. The highest BCUT2D eigenvalue weighted by Gasteiger charge is 2.12. The average Bonchev–Trinajstić information content (AvgIpc) is 3.15. The fourth-order valence-electron chi connectivity index (χ4n) is 1.71. The Hall–Kier alpha value is -1.78. The molecule has 0 aliphatic heterocycles. The maximum atomic E-state index is 12.0. The highest BCUT2D eigenvalue weighted by atomic mass is 79.9. The van der Waals surface area contributed by atoms with E-state index in [2.05, 4.69) is 41.8 Å². The molecule has 0 unspecified atom stereocenters. The van der Waals surface area contributed by atoms with Crippen LogP contribution in [0.15, 0.2) is 39.3 Å². The number of amides is 1. The molecule has 1 amide bonds. The second-order valence-electron chi connectivity index (χ2n) is 4.48. The van der Waals surface area contributed by atoms with Crippen molar-refractivity contribution in [3.63, 3.8) is 0 Å². The molecule has 2 aromatic heterocycles. The topological polar surface area (TPSA) is 85.6 Å². The molecule has 2 heterocycles. The molecule has 3 aromatic rings. The molecule has 118 valence electrons. The molecule has 3 rings (SSSR count). The van der Waals surface area contributed by atoms with Crippen LogP contribution in [0.2, 0.25) is 0 Å². The van der Waals surface area contributed by atoms with E-state index in [-0.39, 0.29) is 11.7 Å². The Morgan fingerprint density at radius 3 is 2.87 bits per heavy atom. The predicted molar refractivity (Wildman–Crippen MR) is 93.1 cm³/mol. The lowest BCUT2D eigenvalue weighted by Gasteiger charge is -2.04. The molecule has 0 saturated heterocycles. The van der Waals surface area contributed by atoms with Crippen molar-refractivity contribution in [3.8, 4) is 5.69 Å². The molecule has 0 saturated carbocycles. The molecule has 0 aliphatic carbocycles. The van der Waals surface area contributed by atoms with E-state index in [1.54, 1.807) is 4.68 Å². The Labute approximate surface area is 148 Å². The van der Waals surface area contributed by atoms with Gasteiger partial charge < -0.3 is 5.32 Å². The van der Waals surface area contributed by atoms with Crippen LogP contribution in [-0.2, 0) is 4.79 Å². The third-order valence-electron chi connectivity index (χ3n) is 2.71. The summed E-state index contributed by atoms with van der Waals surface area (Å²) in [5, 5.41) is 17.4. The van der Waals surface area contributed by atoms with Gasteiger partial charge in [-0.2, -0.15) is 4.68 Å². The van der Waals surface area contributed by atoms with Crippen LogP contribution in [0.4, 0.5) is 5.13 Å². The number of benzene rings is 1. The van der Waals surface area contributed by atoms with Crippen molar-refractivity contribution in [1.82, 2.24) is 25.2 Å². The van der Waals surface area contributed by atoms with Gasteiger partial charge in [0.05, 0.1) is 17.1 Å². The number of carbonyl (C=O) groups is 1. The average molecular weight is 411 g/mol. The number of tetrazole rings is 1. The normalized spacial score (nSPS) is 10.7. The lowest BCUT2D eigenvalue weighted by atomic mass is 10.3. The van der Waals surface area contributed by atoms with Crippen molar-refractivity contribution >= 4 is 50.1 Å². The minimum absolute atomic E-state index is 0.144. The predicted octanol–water partition coefficient (Wildman–Crippen LogP) is 2.92. The van der Waals surface area contributed by atoms with Crippen molar-refractivity contribution in [3.05, 3.63) is 39.8 Å². The number of nitrogens with zero attached hydrogens (tertiary/aromatic N) is 5. The van der Waals surface area contributed by atoms with Crippen LogP contribution in [0.25, 0.3) is 5.69 Å². The van der Waals surface area contributed by atoms with Gasteiger partial charge in [-0.3, -0.25) is 4.79 Å².